The molecule has 0 fully saturated rings. The van der Waals surface area contributed by atoms with Crippen LogP contribution < -0.4 is 0 Å². The Balaban J connectivity index is -0.0000000450. The van der Waals surface area contributed by atoms with Gasteiger partial charge in [0.1, 0.15) is 0 Å². The summed E-state index contributed by atoms with van der Waals surface area (Å²) < 4.78 is 22.8. The van der Waals surface area contributed by atoms with Crippen molar-refractivity contribution in [1.82, 2.24) is 0 Å². The molecule has 0 atom stereocenters. The quantitative estimate of drug-likeness (QED) is 0.375. The molecule has 0 saturated heterocycles. The van der Waals surface area contributed by atoms with E-state index in [1.807, 2.05) is 0 Å². The molecule has 4 nitrogen and oxygen atoms in total. The van der Waals surface area contributed by atoms with E-state index in [0.717, 1.165) is 0 Å². The first kappa shape index (κ1) is 15.9. The molecule has 0 aromatic carbocycles. The molecule has 0 rings (SSSR count). The molecule has 0 aliphatic carbocycles. The molecule has 0 aromatic rings. The first-order valence-corrected chi connectivity index (χ1v) is 1.60. The van der Waals surface area contributed by atoms with Crippen molar-refractivity contribution in [3.8, 4) is 0 Å². The molecule has 0 amide bonds. The normalized spacial score (nSPS) is 5.83. The first-order valence-electron chi connectivity index (χ1n) is 0.532. The van der Waals surface area contributed by atoms with Crippen LogP contribution in [-0.4, -0.2) is 13.3 Å². The molecular formula is H2O4SZn. The summed E-state index contributed by atoms with van der Waals surface area (Å²) in [6.07, 6.45) is 0. The fraction of sp³-hybridized carbons (Fsp3) is 0. The van der Waals surface area contributed by atoms with Crippen molar-refractivity contribution in [3.05, 3.63) is 0 Å². The molecule has 6 heavy (non-hydrogen) atoms. The predicted molar refractivity (Wildman–Crippen MR) is 14.1 cm³/mol. The van der Waals surface area contributed by atoms with Gasteiger partial charge in [0, 0.05) is 0 Å². The zero-order valence-electron chi connectivity index (χ0n) is 2.83. The van der Waals surface area contributed by atoms with Crippen LogP contribution >= 0.6 is 0 Å². The van der Waals surface area contributed by atoms with E-state index in [9.17, 15) is 0 Å². The van der Waals surface area contributed by atoms with Crippen LogP contribution in [0, 0.1) is 0 Å². The third kappa shape index (κ3) is 145. The molecule has 2 N–H and O–H groups in total. The zero-order valence-corrected chi connectivity index (χ0v) is 6.61. The van der Waals surface area contributed by atoms with Crippen LogP contribution in [0.2, 0.25) is 0 Å². The van der Waals surface area contributed by atoms with Crippen LogP contribution in [-0.2, 0) is 36.3 Å². The van der Waals surface area contributed by atoms with Gasteiger partial charge in [0.25, 0.3) is 11.4 Å². The van der Waals surface area contributed by atoms with Crippen molar-refractivity contribution >= 4 is 11.4 Å². The van der Waals surface area contributed by atoms with Gasteiger partial charge in [-0.3, -0.25) is 9.11 Å². The largest absolute Gasteiger partial charge is 2.00 e. The van der Waals surface area contributed by atoms with Gasteiger partial charge >= 0.3 is 19.5 Å². The molecule has 34 valence electrons. The molecule has 0 aliphatic heterocycles. The van der Waals surface area contributed by atoms with Gasteiger partial charge in [-0.25, -0.2) is 0 Å². The second kappa shape index (κ2) is 9.17. The van der Waals surface area contributed by atoms with Crippen molar-refractivity contribution in [2.45, 2.75) is 0 Å². The van der Waals surface area contributed by atoms with Gasteiger partial charge in [-0.1, -0.05) is 0 Å². The Morgan fingerprint density at radius 2 is 1.33 bits per heavy atom. The van der Waals surface area contributed by atoms with E-state index in [1.54, 1.807) is 0 Å². The Kier molecular flexibility index (Phi) is 24.4. The van der Waals surface area contributed by atoms with E-state index in [-0.39, 0.29) is 25.0 Å². The van der Waals surface area contributed by atoms with Gasteiger partial charge < -0.3 is 5.48 Å². The summed E-state index contributed by atoms with van der Waals surface area (Å²) in [5.74, 6) is 0. The summed E-state index contributed by atoms with van der Waals surface area (Å²) in [6, 6.07) is 0. The molecule has 0 spiro atoms. The van der Waals surface area contributed by atoms with Crippen molar-refractivity contribution in [3.63, 3.8) is 0 Å². The topological polar surface area (TPSA) is 86.0 Å². The van der Waals surface area contributed by atoms with E-state index in [4.69, 9.17) is 13.3 Å². The Morgan fingerprint density at radius 1 is 1.33 bits per heavy atom. The van der Waals surface area contributed by atoms with Crippen molar-refractivity contribution in [1.29, 1.82) is 0 Å². The van der Waals surface area contributed by atoms with Gasteiger partial charge in [0.15, 0.2) is 0 Å². The van der Waals surface area contributed by atoms with Crippen molar-refractivity contribution < 1.29 is 38.3 Å². The van der Waals surface area contributed by atoms with Crippen LogP contribution in [0.1, 0.15) is 0 Å². The van der Waals surface area contributed by atoms with Crippen molar-refractivity contribution in [2.75, 3.05) is 0 Å². The monoisotopic (exact) mass is 162 g/mol. The third-order valence-corrected chi connectivity index (χ3v) is 0. The smallest absolute Gasteiger partial charge is 2.00 e. The SMILES string of the molecule is O=S(O)O.[O-2].[Zn+2]. The summed E-state index contributed by atoms with van der Waals surface area (Å²) in [7, 11) is 0. The van der Waals surface area contributed by atoms with E-state index < -0.39 is 11.4 Å². The van der Waals surface area contributed by atoms with Gasteiger partial charge in [-0.2, -0.15) is 4.21 Å². The Morgan fingerprint density at radius 3 is 1.33 bits per heavy atom. The fourth-order valence-electron chi connectivity index (χ4n) is 0. The summed E-state index contributed by atoms with van der Waals surface area (Å²) in [5, 5.41) is 0. The minimum Gasteiger partial charge on any atom is -2.00 e. The second-order valence-electron chi connectivity index (χ2n) is 0.231. The molecule has 0 heterocycles. The average molecular weight is 163 g/mol. The maximum Gasteiger partial charge on any atom is 2.00 e. The molecule has 0 radical (unpaired) electrons. The van der Waals surface area contributed by atoms with Gasteiger partial charge in [0.05, 0.1) is 0 Å². The minimum absolute atomic E-state index is 0. The van der Waals surface area contributed by atoms with E-state index in [1.165, 1.54) is 0 Å². The number of rotatable bonds is 0. The van der Waals surface area contributed by atoms with Crippen molar-refractivity contribution in [2.24, 2.45) is 0 Å². The summed E-state index contributed by atoms with van der Waals surface area (Å²) in [5.41, 5.74) is 0. The molecular weight excluding hydrogens is 161 g/mol. The minimum atomic E-state index is -2.61. The first-order chi connectivity index (χ1) is 1.73. The maximum atomic E-state index is 8.67. The Hall–Kier alpha value is 0.653. The standard InChI is InChI=1S/H2O3S.O.Zn/c1-4(2)3;;/h(H2,1,2,3);;/q;-2;+2. The second-order valence-corrected chi connectivity index (χ2v) is 0.692. The van der Waals surface area contributed by atoms with Gasteiger partial charge in [-0.05, 0) is 0 Å². The molecule has 0 aromatic heterocycles. The Labute approximate surface area is 50.1 Å². The van der Waals surface area contributed by atoms with Gasteiger partial charge in [-0.15, -0.1) is 0 Å². The predicted octanol–water partition coefficient (Wildman–Crippen LogP) is -0.440. The molecule has 6 heteroatoms. The number of hydrogen-bond donors (Lipinski definition) is 2. The fourth-order valence-corrected chi connectivity index (χ4v) is 0. The van der Waals surface area contributed by atoms with Crippen LogP contribution in [0.25, 0.3) is 0 Å². The molecule has 0 unspecified atom stereocenters. The van der Waals surface area contributed by atoms with E-state index in [2.05, 4.69) is 0 Å². The molecule has 0 saturated carbocycles. The summed E-state index contributed by atoms with van der Waals surface area (Å²) in [4.78, 5) is 0. The Bertz CT molecular complexity index is 30.5. The van der Waals surface area contributed by atoms with Gasteiger partial charge in [0.2, 0.25) is 0 Å². The van der Waals surface area contributed by atoms with Crippen LogP contribution in [0.4, 0.5) is 0 Å². The molecule has 0 aliphatic rings. The van der Waals surface area contributed by atoms with Crippen LogP contribution in [0.3, 0.4) is 0 Å². The van der Waals surface area contributed by atoms with E-state index in [0.29, 0.717) is 0 Å². The summed E-state index contributed by atoms with van der Waals surface area (Å²) >= 11 is -2.61. The maximum absolute atomic E-state index is 8.67. The van der Waals surface area contributed by atoms with E-state index >= 15 is 0 Å². The summed E-state index contributed by atoms with van der Waals surface area (Å²) in [6.45, 7) is 0. The zero-order chi connectivity index (χ0) is 3.58. The van der Waals surface area contributed by atoms with Crippen LogP contribution in [0.15, 0.2) is 0 Å². The number of hydrogen-bond acceptors (Lipinski definition) is 1. The molecule has 0 bridgehead atoms. The average Bonchev–Trinajstić information content (AvgIpc) is 0.811. The van der Waals surface area contributed by atoms with Crippen LogP contribution in [0.5, 0.6) is 0 Å². The third-order valence-electron chi connectivity index (χ3n) is 0.